The molecule has 7 nitrogen and oxygen atoms in total. The molecule has 0 unspecified atom stereocenters. The number of aromatic nitrogens is 3. The van der Waals surface area contributed by atoms with E-state index in [0.717, 1.165) is 0 Å². The number of benzene rings is 1. The summed E-state index contributed by atoms with van der Waals surface area (Å²) in [6.45, 7) is 1.23. The molecular formula is C11H9Cl2N5O2. The zero-order valence-electron chi connectivity index (χ0n) is 10.2. The fourth-order valence-corrected chi connectivity index (χ4v) is 1.70. The van der Waals surface area contributed by atoms with Gasteiger partial charge in [-0.3, -0.25) is 9.78 Å². The minimum atomic E-state index is -0.687. The fourth-order valence-electron chi connectivity index (χ4n) is 1.40. The zero-order chi connectivity index (χ0) is 14.9. The van der Waals surface area contributed by atoms with Crippen LogP contribution in [0.4, 0.5) is 5.95 Å². The van der Waals surface area contributed by atoms with E-state index in [1.165, 1.54) is 13.0 Å². The maximum absolute atomic E-state index is 11.5. The third-order valence-corrected chi connectivity index (χ3v) is 3.13. The summed E-state index contributed by atoms with van der Waals surface area (Å²) in [5, 5.41) is 1.36. The van der Waals surface area contributed by atoms with E-state index in [1.54, 1.807) is 12.1 Å². The summed E-state index contributed by atoms with van der Waals surface area (Å²) in [4.78, 5) is 32.6. The number of hydrogen-bond acceptors (Lipinski definition) is 5. The van der Waals surface area contributed by atoms with E-state index in [9.17, 15) is 9.59 Å². The largest absolute Gasteiger partial charge is 0.349 e. The molecule has 1 aromatic carbocycles. The molecule has 0 saturated heterocycles. The minimum absolute atomic E-state index is 0.176. The van der Waals surface area contributed by atoms with Crippen LogP contribution < -0.4 is 16.5 Å². The Balaban J connectivity index is 2.54. The summed E-state index contributed by atoms with van der Waals surface area (Å²) in [7, 11) is 0. The Kier molecular flexibility index (Phi) is 4.03. The molecule has 0 aliphatic carbocycles. The lowest BCUT2D eigenvalue weighted by atomic mass is 10.2. The molecule has 0 saturated carbocycles. The first-order valence-electron chi connectivity index (χ1n) is 5.37. The van der Waals surface area contributed by atoms with Crippen LogP contribution in [0.1, 0.15) is 6.92 Å². The molecule has 1 aromatic heterocycles. The Hall–Kier alpha value is -1.96. The lowest BCUT2D eigenvalue weighted by Gasteiger charge is -2.12. The second kappa shape index (κ2) is 5.58. The number of carbonyl (C=O) groups is 1. The predicted molar refractivity (Wildman–Crippen MR) is 75.5 cm³/mol. The number of nitrogens with two attached hydrogens (primary N) is 1. The van der Waals surface area contributed by atoms with Gasteiger partial charge >= 0.3 is 5.69 Å². The summed E-state index contributed by atoms with van der Waals surface area (Å²) >= 11 is 11.7. The molecule has 1 amide bonds. The molecule has 0 bridgehead atoms. The van der Waals surface area contributed by atoms with Crippen LogP contribution in [0.15, 0.2) is 23.0 Å². The number of hydrazine groups is 1. The highest BCUT2D eigenvalue weighted by Gasteiger charge is 2.13. The number of hydrogen-bond donors (Lipinski definition) is 2. The Morgan fingerprint density at radius 1 is 1.30 bits per heavy atom. The van der Waals surface area contributed by atoms with Crippen LogP contribution >= 0.6 is 23.2 Å². The number of halogens is 2. The van der Waals surface area contributed by atoms with Crippen molar-refractivity contribution in [3.8, 4) is 11.4 Å². The lowest BCUT2D eigenvalue weighted by molar-refractivity contribution is -0.116. The van der Waals surface area contributed by atoms with Crippen LogP contribution in [0.25, 0.3) is 11.4 Å². The van der Waals surface area contributed by atoms with Crippen molar-refractivity contribution in [2.45, 2.75) is 6.92 Å². The highest BCUT2D eigenvalue weighted by Crippen LogP contribution is 2.26. The molecule has 0 aliphatic heterocycles. The molecule has 20 heavy (non-hydrogen) atoms. The molecule has 0 atom stereocenters. The lowest BCUT2D eigenvalue weighted by Crippen LogP contribution is -2.38. The fraction of sp³-hybridized carbons (Fsp3) is 0.0909. The van der Waals surface area contributed by atoms with Crippen LogP contribution in [0.3, 0.4) is 0 Å². The van der Waals surface area contributed by atoms with Gasteiger partial charge in [-0.05, 0) is 18.2 Å². The number of nitrogens with zero attached hydrogens (tertiary/aromatic N) is 3. The Morgan fingerprint density at radius 2 is 2.00 bits per heavy atom. The smallest absolute Gasteiger partial charge is 0.290 e. The minimum Gasteiger partial charge on any atom is -0.290 e. The highest BCUT2D eigenvalue weighted by molar-refractivity contribution is 6.42. The first kappa shape index (κ1) is 14.4. The molecule has 3 N–H and O–H groups in total. The van der Waals surface area contributed by atoms with Crippen molar-refractivity contribution in [3.63, 3.8) is 0 Å². The molecule has 0 spiro atoms. The predicted octanol–water partition coefficient (Wildman–Crippen LogP) is 1.37. The van der Waals surface area contributed by atoms with E-state index in [4.69, 9.17) is 29.0 Å². The molecule has 0 radical (unpaired) electrons. The van der Waals surface area contributed by atoms with Gasteiger partial charge in [0, 0.05) is 12.5 Å². The van der Waals surface area contributed by atoms with Gasteiger partial charge in [-0.1, -0.05) is 23.2 Å². The second-order valence-electron chi connectivity index (χ2n) is 3.82. The quantitative estimate of drug-likeness (QED) is 0.495. The van der Waals surface area contributed by atoms with Crippen LogP contribution in [-0.2, 0) is 4.79 Å². The number of nitrogens with one attached hydrogen (secondary N) is 1. The zero-order valence-corrected chi connectivity index (χ0v) is 11.7. The summed E-state index contributed by atoms with van der Waals surface area (Å²) in [6.07, 6.45) is 0. The number of H-pyrrole nitrogens is 1. The molecule has 2 aromatic rings. The van der Waals surface area contributed by atoms with E-state index >= 15 is 0 Å². The molecule has 0 fully saturated rings. The van der Waals surface area contributed by atoms with Crippen molar-refractivity contribution in [2.75, 3.05) is 5.01 Å². The average Bonchev–Trinajstić information content (AvgIpc) is 2.40. The monoisotopic (exact) mass is 313 g/mol. The van der Waals surface area contributed by atoms with Crippen LogP contribution in [0.2, 0.25) is 10.0 Å². The Bertz CT molecular complexity index is 731. The van der Waals surface area contributed by atoms with E-state index in [2.05, 4.69) is 15.0 Å². The number of aromatic amines is 1. The van der Waals surface area contributed by atoms with Gasteiger partial charge in [0.25, 0.3) is 5.95 Å². The van der Waals surface area contributed by atoms with Gasteiger partial charge in [0.2, 0.25) is 5.91 Å². The van der Waals surface area contributed by atoms with Gasteiger partial charge < -0.3 is 0 Å². The van der Waals surface area contributed by atoms with Crippen LogP contribution in [0, 0.1) is 0 Å². The molecule has 9 heteroatoms. The van der Waals surface area contributed by atoms with Crippen LogP contribution in [-0.4, -0.2) is 20.9 Å². The first-order chi connectivity index (χ1) is 9.38. The average molecular weight is 314 g/mol. The van der Waals surface area contributed by atoms with E-state index in [-0.39, 0.29) is 11.8 Å². The highest BCUT2D eigenvalue weighted by atomic mass is 35.5. The standard InChI is InChI=1S/C11H9Cl2N5O2/c1-5(19)18(14)10-15-9(16-11(20)17-10)6-2-3-7(12)8(13)4-6/h2-4H,14H2,1H3,(H,15,16,17,20). The third kappa shape index (κ3) is 2.96. The van der Waals surface area contributed by atoms with Crippen molar-refractivity contribution in [2.24, 2.45) is 5.84 Å². The Morgan fingerprint density at radius 3 is 2.60 bits per heavy atom. The number of anilines is 1. The van der Waals surface area contributed by atoms with Crippen molar-refractivity contribution >= 4 is 35.1 Å². The van der Waals surface area contributed by atoms with Gasteiger partial charge in [-0.25, -0.2) is 15.6 Å². The summed E-state index contributed by atoms with van der Waals surface area (Å²) < 4.78 is 0. The van der Waals surface area contributed by atoms with Gasteiger partial charge in [0.1, 0.15) is 5.82 Å². The maximum atomic E-state index is 11.5. The topological polar surface area (TPSA) is 105 Å². The second-order valence-corrected chi connectivity index (χ2v) is 4.63. The molecule has 0 aliphatic rings. The van der Waals surface area contributed by atoms with Crippen molar-refractivity contribution in [1.29, 1.82) is 0 Å². The number of amides is 1. The summed E-state index contributed by atoms with van der Waals surface area (Å²) in [5.41, 5.74) is -0.176. The molecular weight excluding hydrogens is 305 g/mol. The summed E-state index contributed by atoms with van der Waals surface area (Å²) in [5.74, 6) is 4.93. The van der Waals surface area contributed by atoms with Gasteiger partial charge in [-0.2, -0.15) is 9.97 Å². The third-order valence-electron chi connectivity index (χ3n) is 2.39. The van der Waals surface area contributed by atoms with Gasteiger partial charge in [0.15, 0.2) is 0 Å². The molecule has 104 valence electrons. The van der Waals surface area contributed by atoms with E-state index in [1.807, 2.05) is 0 Å². The molecule has 1 heterocycles. The number of rotatable bonds is 2. The number of carbonyl (C=O) groups excluding carboxylic acids is 1. The van der Waals surface area contributed by atoms with Crippen molar-refractivity contribution in [1.82, 2.24) is 15.0 Å². The van der Waals surface area contributed by atoms with Crippen LogP contribution in [0.5, 0.6) is 0 Å². The maximum Gasteiger partial charge on any atom is 0.349 e. The molecule has 2 rings (SSSR count). The van der Waals surface area contributed by atoms with E-state index in [0.29, 0.717) is 20.6 Å². The summed E-state index contributed by atoms with van der Waals surface area (Å²) in [6, 6.07) is 4.70. The van der Waals surface area contributed by atoms with Crippen molar-refractivity contribution in [3.05, 3.63) is 38.7 Å². The first-order valence-corrected chi connectivity index (χ1v) is 6.13. The van der Waals surface area contributed by atoms with E-state index < -0.39 is 11.6 Å². The normalized spacial score (nSPS) is 10.4. The van der Waals surface area contributed by atoms with Gasteiger partial charge in [-0.15, -0.1) is 0 Å². The van der Waals surface area contributed by atoms with Gasteiger partial charge in [0.05, 0.1) is 10.0 Å². The van der Waals surface area contributed by atoms with Crippen molar-refractivity contribution < 1.29 is 4.79 Å². The Labute approximate surface area is 123 Å². The SMILES string of the molecule is CC(=O)N(N)c1nc(-c2ccc(Cl)c(Cl)c2)[nH]c(=O)n1.